The van der Waals surface area contributed by atoms with Crippen molar-refractivity contribution < 1.29 is 23.8 Å². The van der Waals surface area contributed by atoms with E-state index in [1.807, 2.05) is 0 Å². The average Bonchev–Trinajstić information content (AvgIpc) is 3.00. The number of carbonyl (C=O) groups is 2. The first kappa shape index (κ1) is 15.9. The van der Waals surface area contributed by atoms with Gasteiger partial charge in [0.25, 0.3) is 5.91 Å². The van der Waals surface area contributed by atoms with Crippen molar-refractivity contribution in [3.63, 3.8) is 0 Å². The van der Waals surface area contributed by atoms with E-state index in [0.717, 1.165) is 0 Å². The molecule has 1 aliphatic rings. The number of aromatic nitrogens is 1. The fourth-order valence-corrected chi connectivity index (χ4v) is 2.31. The Morgan fingerprint density at radius 3 is 2.67 bits per heavy atom. The van der Waals surface area contributed by atoms with Crippen molar-refractivity contribution >= 4 is 17.6 Å². The van der Waals surface area contributed by atoms with Crippen molar-refractivity contribution in [1.82, 2.24) is 4.57 Å². The number of nitrogens with one attached hydrogen (secondary N) is 1. The predicted octanol–water partition coefficient (Wildman–Crippen LogP) is 1.98. The van der Waals surface area contributed by atoms with Gasteiger partial charge in [-0.05, 0) is 31.2 Å². The van der Waals surface area contributed by atoms with Gasteiger partial charge < -0.3 is 24.1 Å². The SMILES string of the molecule is CC(OC(=O)c1cccn1C)C(=O)Nc1ccc2c(c1)OCCO2. The maximum atomic E-state index is 12.2. The largest absolute Gasteiger partial charge is 0.486 e. The van der Waals surface area contributed by atoms with Gasteiger partial charge in [0, 0.05) is 25.0 Å². The highest BCUT2D eigenvalue weighted by atomic mass is 16.6. The Kier molecular flexibility index (Phi) is 4.41. The summed E-state index contributed by atoms with van der Waals surface area (Å²) in [5.41, 5.74) is 0.931. The quantitative estimate of drug-likeness (QED) is 0.867. The Morgan fingerprint density at radius 2 is 1.96 bits per heavy atom. The molecule has 0 radical (unpaired) electrons. The number of aryl methyl sites for hydroxylation is 1. The summed E-state index contributed by atoms with van der Waals surface area (Å²) in [4.78, 5) is 24.2. The number of hydrogen-bond acceptors (Lipinski definition) is 5. The number of nitrogens with zero attached hydrogens (tertiary/aromatic N) is 1. The number of ether oxygens (including phenoxy) is 3. The standard InChI is InChI=1S/C17H18N2O5/c1-11(24-17(21)13-4-3-7-19(13)2)16(20)18-12-5-6-14-15(10-12)23-9-8-22-14/h3-7,10-11H,8-9H2,1-2H3,(H,18,20). The summed E-state index contributed by atoms with van der Waals surface area (Å²) in [5.74, 6) is 0.247. The fraction of sp³-hybridized carbons (Fsp3) is 0.294. The molecule has 126 valence electrons. The van der Waals surface area contributed by atoms with Gasteiger partial charge in [0.15, 0.2) is 17.6 Å². The minimum absolute atomic E-state index is 0.383. The van der Waals surface area contributed by atoms with E-state index in [2.05, 4.69) is 5.32 Å². The van der Waals surface area contributed by atoms with Crippen LogP contribution in [0.25, 0.3) is 0 Å². The van der Waals surface area contributed by atoms with E-state index in [1.165, 1.54) is 6.92 Å². The Bertz CT molecular complexity index is 768. The third-order valence-electron chi connectivity index (χ3n) is 3.62. The summed E-state index contributed by atoms with van der Waals surface area (Å²) < 4.78 is 17.7. The molecule has 0 saturated carbocycles. The lowest BCUT2D eigenvalue weighted by molar-refractivity contribution is -0.123. The average molecular weight is 330 g/mol. The van der Waals surface area contributed by atoms with Gasteiger partial charge in [-0.25, -0.2) is 4.79 Å². The summed E-state index contributed by atoms with van der Waals surface area (Å²) in [6, 6.07) is 8.48. The topological polar surface area (TPSA) is 78.8 Å². The van der Waals surface area contributed by atoms with Crippen LogP contribution in [0.2, 0.25) is 0 Å². The van der Waals surface area contributed by atoms with Crippen LogP contribution in [0, 0.1) is 0 Å². The number of rotatable bonds is 4. The van der Waals surface area contributed by atoms with Crippen molar-refractivity contribution in [3.8, 4) is 11.5 Å². The Labute approximate surface area is 139 Å². The van der Waals surface area contributed by atoms with Gasteiger partial charge >= 0.3 is 5.97 Å². The summed E-state index contributed by atoms with van der Waals surface area (Å²) in [6.45, 7) is 2.49. The third-order valence-corrected chi connectivity index (χ3v) is 3.62. The molecule has 2 heterocycles. The monoisotopic (exact) mass is 330 g/mol. The molecule has 2 aromatic rings. The van der Waals surface area contributed by atoms with Gasteiger partial charge in [-0.15, -0.1) is 0 Å². The van der Waals surface area contributed by atoms with Gasteiger partial charge in [-0.2, -0.15) is 0 Å². The third kappa shape index (κ3) is 3.34. The van der Waals surface area contributed by atoms with Gasteiger partial charge in [0.2, 0.25) is 0 Å². The van der Waals surface area contributed by atoms with Crippen molar-refractivity contribution in [1.29, 1.82) is 0 Å². The van der Waals surface area contributed by atoms with Crippen LogP contribution >= 0.6 is 0 Å². The molecular weight excluding hydrogens is 312 g/mol. The molecule has 1 amide bonds. The fourth-order valence-electron chi connectivity index (χ4n) is 2.31. The minimum Gasteiger partial charge on any atom is -0.486 e. The number of fused-ring (bicyclic) bond motifs is 1. The Hall–Kier alpha value is -2.96. The highest BCUT2D eigenvalue weighted by Crippen LogP contribution is 2.32. The second kappa shape index (κ2) is 6.66. The molecule has 24 heavy (non-hydrogen) atoms. The number of benzene rings is 1. The van der Waals surface area contributed by atoms with E-state index in [1.54, 1.807) is 48.1 Å². The van der Waals surface area contributed by atoms with Crippen molar-refractivity contribution in [3.05, 3.63) is 42.2 Å². The molecule has 3 rings (SSSR count). The number of amides is 1. The zero-order chi connectivity index (χ0) is 17.1. The second-order valence-electron chi connectivity index (χ2n) is 5.40. The molecule has 1 unspecified atom stereocenters. The molecule has 0 fully saturated rings. The molecule has 1 aromatic heterocycles. The first-order valence-electron chi connectivity index (χ1n) is 7.57. The summed E-state index contributed by atoms with van der Waals surface area (Å²) >= 11 is 0. The van der Waals surface area contributed by atoms with Crippen LogP contribution in [0.5, 0.6) is 11.5 Å². The zero-order valence-electron chi connectivity index (χ0n) is 13.4. The van der Waals surface area contributed by atoms with Gasteiger partial charge in [0.05, 0.1) is 0 Å². The van der Waals surface area contributed by atoms with Gasteiger partial charge in [-0.3, -0.25) is 4.79 Å². The van der Waals surface area contributed by atoms with Crippen LogP contribution in [0.3, 0.4) is 0 Å². The lowest BCUT2D eigenvalue weighted by atomic mass is 10.2. The van der Waals surface area contributed by atoms with Gasteiger partial charge in [0.1, 0.15) is 18.9 Å². The maximum Gasteiger partial charge on any atom is 0.355 e. The molecule has 0 spiro atoms. The summed E-state index contributed by atoms with van der Waals surface area (Å²) in [6.07, 6.45) is 0.803. The van der Waals surface area contributed by atoms with Crippen LogP contribution < -0.4 is 14.8 Å². The summed E-state index contributed by atoms with van der Waals surface area (Å²) in [7, 11) is 1.73. The molecule has 0 bridgehead atoms. The van der Waals surface area contributed by atoms with Crippen LogP contribution in [-0.4, -0.2) is 35.8 Å². The van der Waals surface area contributed by atoms with E-state index >= 15 is 0 Å². The highest BCUT2D eigenvalue weighted by Gasteiger charge is 2.21. The van der Waals surface area contributed by atoms with Crippen molar-refractivity contribution in [2.24, 2.45) is 7.05 Å². The first-order valence-corrected chi connectivity index (χ1v) is 7.57. The highest BCUT2D eigenvalue weighted by molar-refractivity contribution is 5.97. The molecule has 1 aromatic carbocycles. The van der Waals surface area contributed by atoms with Crippen LogP contribution in [0.4, 0.5) is 5.69 Å². The smallest absolute Gasteiger partial charge is 0.355 e. The van der Waals surface area contributed by atoms with E-state index in [9.17, 15) is 9.59 Å². The van der Waals surface area contributed by atoms with E-state index in [-0.39, 0.29) is 0 Å². The number of hydrogen-bond donors (Lipinski definition) is 1. The number of esters is 1. The number of carbonyl (C=O) groups excluding carboxylic acids is 2. The zero-order valence-corrected chi connectivity index (χ0v) is 13.4. The molecule has 1 atom stereocenters. The predicted molar refractivity (Wildman–Crippen MR) is 86.4 cm³/mol. The Balaban J connectivity index is 1.62. The molecule has 1 aliphatic heterocycles. The lowest BCUT2D eigenvalue weighted by Crippen LogP contribution is -2.30. The maximum absolute atomic E-state index is 12.2. The normalized spacial score (nSPS) is 13.9. The molecule has 0 saturated heterocycles. The van der Waals surface area contributed by atoms with Crippen molar-refractivity contribution in [2.45, 2.75) is 13.0 Å². The van der Waals surface area contributed by atoms with Crippen molar-refractivity contribution in [2.75, 3.05) is 18.5 Å². The Morgan fingerprint density at radius 1 is 1.21 bits per heavy atom. The minimum atomic E-state index is -0.930. The van der Waals surface area contributed by atoms with Crippen LogP contribution in [0.15, 0.2) is 36.5 Å². The van der Waals surface area contributed by atoms with E-state index in [4.69, 9.17) is 14.2 Å². The number of anilines is 1. The lowest BCUT2D eigenvalue weighted by Gasteiger charge is -2.19. The van der Waals surface area contributed by atoms with Crippen LogP contribution in [0.1, 0.15) is 17.4 Å². The first-order chi connectivity index (χ1) is 11.5. The summed E-state index contributed by atoms with van der Waals surface area (Å²) in [5, 5.41) is 2.70. The second-order valence-corrected chi connectivity index (χ2v) is 5.40. The van der Waals surface area contributed by atoms with E-state index in [0.29, 0.717) is 36.1 Å². The van der Waals surface area contributed by atoms with Gasteiger partial charge in [-0.1, -0.05) is 0 Å². The molecule has 0 aliphatic carbocycles. The molecule has 1 N–H and O–H groups in total. The van der Waals surface area contributed by atoms with Crippen LogP contribution in [-0.2, 0) is 16.6 Å². The molecule has 7 nitrogen and oxygen atoms in total. The van der Waals surface area contributed by atoms with E-state index < -0.39 is 18.0 Å². The molecule has 7 heteroatoms. The molecular formula is C17H18N2O5.